The van der Waals surface area contributed by atoms with Gasteiger partial charge < -0.3 is 0 Å². The van der Waals surface area contributed by atoms with Gasteiger partial charge in [-0.05, 0) is 25.1 Å². The first-order valence-electron chi connectivity index (χ1n) is 8.20. The minimum Gasteiger partial charge on any atom is -0.260 e. The van der Waals surface area contributed by atoms with E-state index in [4.69, 9.17) is 28.3 Å². The maximum absolute atomic E-state index is 14.0. The van der Waals surface area contributed by atoms with Crippen molar-refractivity contribution in [3.05, 3.63) is 58.2 Å². The number of hydrogen-bond donors (Lipinski definition) is 1. The van der Waals surface area contributed by atoms with Crippen molar-refractivity contribution in [2.24, 2.45) is 5.14 Å². The summed E-state index contributed by atoms with van der Waals surface area (Å²) < 4.78 is 66.8. The number of aromatic nitrogens is 2. The lowest BCUT2D eigenvalue weighted by molar-refractivity contribution is -0.143. The molecule has 2 aromatic carbocycles. The maximum atomic E-state index is 14.0. The number of sulfonamides is 1. The molecule has 3 rings (SSSR count). The van der Waals surface area contributed by atoms with Crippen LogP contribution >= 0.6 is 23.2 Å². The first kappa shape index (κ1) is 21.6. The Hall–Kier alpha value is -2.07. The van der Waals surface area contributed by atoms with Crippen molar-refractivity contribution in [1.82, 2.24) is 9.78 Å². The van der Waals surface area contributed by atoms with Crippen molar-refractivity contribution in [3.8, 4) is 22.4 Å². The Morgan fingerprint density at radius 1 is 1.10 bits per heavy atom. The van der Waals surface area contributed by atoms with E-state index in [1.165, 1.54) is 49.4 Å². The van der Waals surface area contributed by atoms with Crippen LogP contribution in [0.5, 0.6) is 0 Å². The summed E-state index contributed by atoms with van der Waals surface area (Å²) in [5, 5.41) is 9.54. The molecule has 11 heteroatoms. The largest absolute Gasteiger partial charge is 0.433 e. The topological polar surface area (TPSA) is 78.0 Å². The SMILES string of the molecule is CCn1nc(-c2ccccc2S(N)(=O)=O)c(-c2ccc(Cl)cc2Cl)c1C(F)(F)F. The molecule has 0 fully saturated rings. The van der Waals surface area contributed by atoms with E-state index >= 15 is 0 Å². The van der Waals surface area contributed by atoms with Gasteiger partial charge in [-0.3, -0.25) is 4.68 Å². The molecule has 5 nitrogen and oxygen atoms in total. The smallest absolute Gasteiger partial charge is 0.260 e. The predicted octanol–water partition coefficient (Wildman–Crippen LogP) is 5.21. The number of alkyl halides is 3. The van der Waals surface area contributed by atoms with Gasteiger partial charge in [0.1, 0.15) is 5.69 Å². The number of aryl methyl sites for hydroxylation is 1. The van der Waals surface area contributed by atoms with Crippen LogP contribution in [0.2, 0.25) is 10.0 Å². The lowest BCUT2D eigenvalue weighted by Crippen LogP contribution is -2.15. The Bertz CT molecular complexity index is 1190. The summed E-state index contributed by atoms with van der Waals surface area (Å²) in [5.41, 5.74) is -1.65. The molecule has 0 unspecified atom stereocenters. The van der Waals surface area contributed by atoms with Crippen molar-refractivity contribution in [3.63, 3.8) is 0 Å². The van der Waals surface area contributed by atoms with Crippen molar-refractivity contribution in [2.75, 3.05) is 0 Å². The second-order valence-electron chi connectivity index (χ2n) is 6.05. The van der Waals surface area contributed by atoms with Crippen LogP contribution in [0.1, 0.15) is 12.6 Å². The third-order valence-corrected chi connectivity index (χ3v) is 5.69. The van der Waals surface area contributed by atoms with E-state index in [-0.39, 0.29) is 43.9 Å². The van der Waals surface area contributed by atoms with Crippen LogP contribution < -0.4 is 5.14 Å². The highest BCUT2D eigenvalue weighted by molar-refractivity contribution is 7.89. The van der Waals surface area contributed by atoms with E-state index in [9.17, 15) is 21.6 Å². The average molecular weight is 464 g/mol. The molecule has 0 saturated carbocycles. The molecule has 1 aromatic heterocycles. The van der Waals surface area contributed by atoms with Gasteiger partial charge in [0.05, 0.1) is 9.92 Å². The predicted molar refractivity (Wildman–Crippen MR) is 105 cm³/mol. The fraction of sp³-hybridized carbons (Fsp3) is 0.167. The Kier molecular flexibility index (Phi) is 5.70. The minimum atomic E-state index is -4.78. The standard InChI is InChI=1S/C18H14Cl2F3N3O2S/c1-2-26-17(18(21,22)23)15(11-8-7-10(19)9-13(11)20)16(25-26)12-5-3-4-6-14(12)29(24,27)28/h3-9H,2H2,1H3,(H2,24,27,28). The lowest BCUT2D eigenvalue weighted by Gasteiger charge is -2.14. The third kappa shape index (κ3) is 4.13. The summed E-state index contributed by atoms with van der Waals surface area (Å²) in [6.45, 7) is 1.38. The highest BCUT2D eigenvalue weighted by Gasteiger charge is 2.41. The van der Waals surface area contributed by atoms with Crippen LogP contribution in [0.4, 0.5) is 13.2 Å². The molecule has 0 spiro atoms. The van der Waals surface area contributed by atoms with Crippen LogP contribution in [-0.2, 0) is 22.7 Å². The zero-order chi connectivity index (χ0) is 21.6. The van der Waals surface area contributed by atoms with Gasteiger partial charge in [0.15, 0.2) is 5.69 Å². The summed E-state index contributed by atoms with van der Waals surface area (Å²) in [5.74, 6) is 0. The van der Waals surface area contributed by atoms with Crippen molar-refractivity contribution in [2.45, 2.75) is 24.5 Å². The van der Waals surface area contributed by atoms with Gasteiger partial charge >= 0.3 is 6.18 Å². The number of halogens is 5. The molecule has 29 heavy (non-hydrogen) atoms. The quantitative estimate of drug-likeness (QED) is 0.576. The highest BCUT2D eigenvalue weighted by atomic mass is 35.5. The van der Waals surface area contributed by atoms with Crippen molar-refractivity contribution >= 4 is 33.2 Å². The molecule has 0 amide bonds. The normalized spacial score (nSPS) is 12.4. The molecule has 0 bridgehead atoms. The van der Waals surface area contributed by atoms with Gasteiger partial charge in [0.2, 0.25) is 10.0 Å². The molecule has 0 atom stereocenters. The maximum Gasteiger partial charge on any atom is 0.433 e. The summed E-state index contributed by atoms with van der Waals surface area (Å²) in [4.78, 5) is -0.346. The van der Waals surface area contributed by atoms with Crippen LogP contribution in [0, 0.1) is 0 Å². The second kappa shape index (κ2) is 7.64. The average Bonchev–Trinajstić information content (AvgIpc) is 3.00. The molecular formula is C18H14Cl2F3N3O2S. The molecule has 0 saturated heterocycles. The zero-order valence-corrected chi connectivity index (χ0v) is 17.2. The lowest BCUT2D eigenvalue weighted by atomic mass is 9.98. The molecular weight excluding hydrogens is 450 g/mol. The highest BCUT2D eigenvalue weighted by Crippen LogP contribution is 2.46. The molecule has 0 aliphatic rings. The van der Waals surface area contributed by atoms with E-state index in [1.54, 1.807) is 0 Å². The van der Waals surface area contributed by atoms with Gasteiger partial charge in [-0.25, -0.2) is 13.6 Å². The van der Waals surface area contributed by atoms with E-state index in [1.807, 2.05) is 0 Å². The van der Waals surface area contributed by atoms with Gasteiger partial charge in [-0.15, -0.1) is 0 Å². The van der Waals surface area contributed by atoms with E-state index in [0.717, 1.165) is 4.68 Å². The van der Waals surface area contributed by atoms with Gasteiger partial charge in [0.25, 0.3) is 0 Å². The Morgan fingerprint density at radius 2 is 1.76 bits per heavy atom. The fourth-order valence-corrected chi connectivity index (χ4v) is 4.27. The van der Waals surface area contributed by atoms with Crippen molar-refractivity contribution in [1.29, 1.82) is 0 Å². The van der Waals surface area contributed by atoms with Crippen LogP contribution in [0.25, 0.3) is 22.4 Å². The summed E-state index contributed by atoms with van der Waals surface area (Å²) >= 11 is 12.1. The van der Waals surface area contributed by atoms with Gasteiger partial charge in [-0.2, -0.15) is 18.3 Å². The number of rotatable bonds is 4. The van der Waals surface area contributed by atoms with E-state index < -0.39 is 21.9 Å². The number of nitrogens with two attached hydrogens (primary N) is 1. The second-order valence-corrected chi connectivity index (χ2v) is 8.42. The molecule has 3 aromatic rings. The number of benzene rings is 2. The van der Waals surface area contributed by atoms with Crippen molar-refractivity contribution < 1.29 is 21.6 Å². The van der Waals surface area contributed by atoms with E-state index in [0.29, 0.717) is 0 Å². The van der Waals surface area contributed by atoms with Gasteiger partial charge in [0, 0.05) is 28.3 Å². The van der Waals surface area contributed by atoms with E-state index in [2.05, 4.69) is 5.10 Å². The van der Waals surface area contributed by atoms with Gasteiger partial charge in [-0.1, -0.05) is 47.5 Å². The number of hydrogen-bond acceptors (Lipinski definition) is 3. The molecule has 2 N–H and O–H groups in total. The molecule has 0 aliphatic carbocycles. The monoisotopic (exact) mass is 463 g/mol. The number of primary sulfonamides is 1. The molecule has 1 heterocycles. The fourth-order valence-electron chi connectivity index (χ4n) is 3.03. The Morgan fingerprint density at radius 3 is 2.31 bits per heavy atom. The summed E-state index contributed by atoms with van der Waals surface area (Å²) in [6, 6.07) is 9.47. The van der Waals surface area contributed by atoms with Crippen LogP contribution in [0.3, 0.4) is 0 Å². The van der Waals surface area contributed by atoms with Crippen LogP contribution in [0.15, 0.2) is 47.4 Å². The summed E-state index contributed by atoms with van der Waals surface area (Å²) in [6.07, 6.45) is -4.78. The molecule has 0 aliphatic heterocycles. The van der Waals surface area contributed by atoms with Crippen LogP contribution in [-0.4, -0.2) is 18.2 Å². The molecule has 0 radical (unpaired) electrons. The third-order valence-electron chi connectivity index (χ3n) is 4.17. The zero-order valence-electron chi connectivity index (χ0n) is 14.8. The number of nitrogens with zero attached hydrogens (tertiary/aromatic N) is 2. The molecule has 154 valence electrons. The summed E-state index contributed by atoms with van der Waals surface area (Å²) in [7, 11) is -4.23. The first-order chi connectivity index (χ1) is 13.4. The Labute approximate surface area is 174 Å². The first-order valence-corrected chi connectivity index (χ1v) is 10.5. The Balaban J connectivity index is 2.49. The minimum absolute atomic E-state index is 0.0160.